The van der Waals surface area contributed by atoms with Gasteiger partial charge in [0.25, 0.3) is 0 Å². The second-order valence-electron chi connectivity index (χ2n) is 0. The summed E-state index contributed by atoms with van der Waals surface area (Å²) in [6.07, 6.45) is 0. The molecule has 34 valence electrons. The third-order valence-electron chi connectivity index (χ3n) is 0. The molecule has 0 aliphatic heterocycles. The molecule has 0 radical (unpaired) electrons. The zero-order valence-electron chi connectivity index (χ0n) is 2.01. The van der Waals surface area contributed by atoms with Gasteiger partial charge in [0, 0.05) is 0 Å². The molecule has 0 heterocycles. The summed E-state index contributed by atoms with van der Waals surface area (Å²) >= 11 is 0. The van der Waals surface area contributed by atoms with E-state index in [2.05, 4.69) is 0 Å². The predicted octanol–water partition coefficient (Wildman–Crippen LogP) is -12.0. The van der Waals surface area contributed by atoms with Crippen LogP contribution in [0.15, 0.2) is 0 Å². The molecule has 0 atom stereocenters. The summed E-state index contributed by atoms with van der Waals surface area (Å²) in [7, 11) is 0. The number of halogens is 4. The van der Waals surface area contributed by atoms with Crippen LogP contribution in [0.4, 0.5) is 0 Å². The van der Waals surface area contributed by atoms with Crippen LogP contribution in [-0.4, -0.2) is 0 Å². The molecule has 5 heavy (non-hydrogen) atoms. The quantitative estimate of drug-likeness (QED) is 0.293. The Labute approximate surface area is 93.0 Å². The smallest absolute Gasteiger partial charge is 1.00 e. The number of rotatable bonds is 0. The molecule has 0 aromatic carbocycles. The zero-order chi connectivity index (χ0) is 0. The molecule has 0 saturated heterocycles. The molecule has 0 aliphatic carbocycles. The number of hydrogen-bond acceptors (Lipinski definition) is 0. The Morgan fingerprint density at radius 1 is 0.600 bits per heavy atom. The van der Waals surface area contributed by atoms with Crippen LogP contribution in [0.5, 0.6) is 0 Å². The molecule has 0 rings (SSSR count). The van der Waals surface area contributed by atoms with E-state index in [0.29, 0.717) is 0 Å². The van der Waals surface area contributed by atoms with Gasteiger partial charge in [-0.05, 0) is 0 Å². The van der Waals surface area contributed by atoms with Gasteiger partial charge >= 0.3 is 21.7 Å². The number of hydrogen-bond donors (Lipinski definition) is 0. The Hall–Kier alpha value is 2.75. The fourth-order valence-electron chi connectivity index (χ4n) is 0. The van der Waals surface area contributed by atoms with E-state index in [-0.39, 0.29) is 94.5 Å². The maximum absolute atomic E-state index is 0. The Morgan fingerprint density at radius 2 is 0.600 bits per heavy atom. The first kappa shape index (κ1) is 46.6. The van der Waals surface area contributed by atoms with Crippen LogP contribution < -0.4 is 72.8 Å². The van der Waals surface area contributed by atoms with Gasteiger partial charge in [0.1, 0.15) is 0 Å². The molecule has 0 fully saturated rings. The summed E-state index contributed by atoms with van der Waals surface area (Å²) in [5.74, 6) is 0. The van der Waals surface area contributed by atoms with Crippen molar-refractivity contribution in [3.63, 3.8) is 0 Å². The average Bonchev–Trinajstić information content (AvgIpc) is 0. The molecule has 0 aromatic rings. The van der Waals surface area contributed by atoms with Gasteiger partial charge in [0.05, 0.1) is 0 Å². The minimum atomic E-state index is 0. The summed E-state index contributed by atoms with van der Waals surface area (Å²) in [6, 6.07) is 0. The Balaban J connectivity index is 0. The normalized spacial score (nSPS) is 0. The van der Waals surface area contributed by atoms with Crippen molar-refractivity contribution in [3.8, 4) is 0 Å². The first-order chi connectivity index (χ1) is 0. The third-order valence-corrected chi connectivity index (χ3v) is 0. The molecule has 0 unspecified atom stereocenters. The summed E-state index contributed by atoms with van der Waals surface area (Å²) in [6.45, 7) is 0. The zero-order valence-corrected chi connectivity index (χ0v) is 9.40. The molecule has 0 amide bonds. The van der Waals surface area contributed by atoms with Crippen LogP contribution in [0.1, 0.15) is 0 Å². The van der Waals surface area contributed by atoms with Gasteiger partial charge in [-0.25, -0.2) is 0 Å². The summed E-state index contributed by atoms with van der Waals surface area (Å²) in [5, 5.41) is 0. The Kier molecular flexibility index (Phi) is 275. The van der Waals surface area contributed by atoms with Crippen molar-refractivity contribution in [2.24, 2.45) is 0 Å². The first-order valence-electron chi connectivity index (χ1n) is 0. The van der Waals surface area contributed by atoms with E-state index < -0.39 is 0 Å². The van der Waals surface area contributed by atoms with Gasteiger partial charge in [0.2, 0.25) is 0 Å². The molecule has 0 bridgehead atoms. The molecule has 0 N–H and O–H groups in total. The maximum atomic E-state index is 0. The van der Waals surface area contributed by atoms with Gasteiger partial charge in [0.15, 0.2) is 0 Å². The van der Waals surface area contributed by atoms with E-state index in [9.17, 15) is 0 Å². The largest absolute Gasteiger partial charge is 2.00 e. The Bertz CT molecular complexity index is 7.61. The van der Waals surface area contributed by atoms with E-state index in [1.807, 2.05) is 0 Å². The molecule has 0 saturated carbocycles. The van der Waals surface area contributed by atoms with Crippen molar-refractivity contribution in [1.29, 1.82) is 0 Å². The molecule has 0 aliphatic rings. The monoisotopic (exact) mass is 372 g/mol. The van der Waals surface area contributed by atoms with Crippen molar-refractivity contribution >= 4 is 0 Å². The maximum Gasteiger partial charge on any atom is 2.00 e. The van der Waals surface area contributed by atoms with Gasteiger partial charge in [-0.2, -0.15) is 0 Å². The van der Waals surface area contributed by atoms with Gasteiger partial charge in [-0.1, -0.05) is 0 Å². The molecular formula is Cl2I2Ti-2. The second-order valence-corrected chi connectivity index (χ2v) is 0. The topological polar surface area (TPSA) is 0 Å². The van der Waals surface area contributed by atoms with Crippen LogP contribution in [0.25, 0.3) is 0 Å². The van der Waals surface area contributed by atoms with Gasteiger partial charge in [-0.3, -0.25) is 0 Å². The van der Waals surface area contributed by atoms with Crippen molar-refractivity contribution < 1.29 is 94.5 Å². The van der Waals surface area contributed by atoms with E-state index >= 15 is 0 Å². The van der Waals surface area contributed by atoms with Crippen molar-refractivity contribution in [1.82, 2.24) is 0 Å². The molecule has 5 heteroatoms. The molecule has 0 spiro atoms. The predicted molar refractivity (Wildman–Crippen MR) is 0 cm³/mol. The fraction of sp³-hybridized carbons (Fsp3) is 0. The van der Waals surface area contributed by atoms with E-state index in [4.69, 9.17) is 0 Å². The van der Waals surface area contributed by atoms with E-state index in [1.54, 1.807) is 0 Å². The van der Waals surface area contributed by atoms with Crippen LogP contribution in [0.3, 0.4) is 0 Å². The summed E-state index contributed by atoms with van der Waals surface area (Å²) in [5.41, 5.74) is 0. The fourth-order valence-corrected chi connectivity index (χ4v) is 0. The minimum Gasteiger partial charge on any atom is -1.00 e. The first-order valence-corrected chi connectivity index (χ1v) is 0. The van der Waals surface area contributed by atoms with Crippen LogP contribution in [0.2, 0.25) is 0 Å². The van der Waals surface area contributed by atoms with Crippen LogP contribution in [0, 0.1) is 0 Å². The average molecular weight is 373 g/mol. The summed E-state index contributed by atoms with van der Waals surface area (Å²) in [4.78, 5) is 0. The Morgan fingerprint density at radius 3 is 0.600 bits per heavy atom. The van der Waals surface area contributed by atoms with Crippen molar-refractivity contribution in [3.05, 3.63) is 0 Å². The standard InChI is InChI=1S/2ClH.2HI.Ti/h4*1H;/q;;;;+2/p-4. The van der Waals surface area contributed by atoms with Crippen molar-refractivity contribution in [2.45, 2.75) is 0 Å². The summed E-state index contributed by atoms with van der Waals surface area (Å²) < 4.78 is 0. The van der Waals surface area contributed by atoms with Gasteiger partial charge < -0.3 is 72.8 Å². The van der Waals surface area contributed by atoms with Crippen molar-refractivity contribution in [2.75, 3.05) is 0 Å². The van der Waals surface area contributed by atoms with Gasteiger partial charge in [-0.15, -0.1) is 0 Å². The second kappa shape index (κ2) is 29.5. The molecule has 0 nitrogen and oxygen atoms in total. The SMILES string of the molecule is [Cl-].[Cl-].[I-].[I-].[Ti+2]. The molecule has 0 aromatic heterocycles. The third kappa shape index (κ3) is 20.1. The van der Waals surface area contributed by atoms with Crippen LogP contribution in [-0.2, 0) is 21.7 Å². The minimum absolute atomic E-state index is 0. The van der Waals surface area contributed by atoms with E-state index in [1.165, 1.54) is 0 Å². The van der Waals surface area contributed by atoms with E-state index in [0.717, 1.165) is 0 Å². The van der Waals surface area contributed by atoms with Crippen LogP contribution >= 0.6 is 0 Å². The molecular weight excluding hydrogens is 373 g/mol.